The molecule has 3 heteroatoms. The summed E-state index contributed by atoms with van der Waals surface area (Å²) >= 11 is 0. The molecule has 0 saturated carbocycles. The smallest absolute Gasteiger partial charge is 0.225 e. The first-order valence-electron chi connectivity index (χ1n) is 7.64. The molecule has 1 amide bonds. The quantitative estimate of drug-likeness (QED) is 0.867. The van der Waals surface area contributed by atoms with Crippen molar-refractivity contribution in [3.8, 4) is 0 Å². The van der Waals surface area contributed by atoms with E-state index in [9.17, 15) is 4.79 Å². The summed E-state index contributed by atoms with van der Waals surface area (Å²) in [7, 11) is 0. The van der Waals surface area contributed by atoms with Crippen molar-refractivity contribution < 1.29 is 4.79 Å². The molecule has 1 aliphatic heterocycles. The molecular weight excluding hydrogens is 248 g/mol. The molecule has 0 radical (unpaired) electrons. The molecule has 1 saturated heterocycles. The van der Waals surface area contributed by atoms with Gasteiger partial charge in [0.1, 0.15) is 0 Å². The second kappa shape index (κ2) is 6.89. The molecule has 0 spiro atoms. The Bertz CT molecular complexity index is 430. The van der Waals surface area contributed by atoms with Gasteiger partial charge >= 0.3 is 0 Å². The van der Waals surface area contributed by atoms with Crippen LogP contribution in [0.3, 0.4) is 0 Å². The van der Waals surface area contributed by atoms with Gasteiger partial charge < -0.3 is 10.6 Å². The highest BCUT2D eigenvalue weighted by Gasteiger charge is 2.31. The number of carbonyl (C=O) groups excluding carboxylic acids is 1. The van der Waals surface area contributed by atoms with Crippen LogP contribution < -0.4 is 10.6 Å². The number of rotatable bonds is 5. The topological polar surface area (TPSA) is 41.1 Å². The first-order valence-corrected chi connectivity index (χ1v) is 7.64. The molecule has 110 valence electrons. The molecule has 1 aliphatic rings. The maximum Gasteiger partial charge on any atom is 0.225 e. The summed E-state index contributed by atoms with van der Waals surface area (Å²) < 4.78 is 0. The first-order chi connectivity index (χ1) is 9.58. The minimum Gasteiger partial charge on any atom is -0.349 e. The molecule has 1 aromatic carbocycles. The fraction of sp³-hybridized carbons (Fsp3) is 0.588. The predicted molar refractivity (Wildman–Crippen MR) is 82.3 cm³/mol. The van der Waals surface area contributed by atoms with Gasteiger partial charge in [0.2, 0.25) is 5.91 Å². The summed E-state index contributed by atoms with van der Waals surface area (Å²) in [5.74, 6) is 1.27. The Labute approximate surface area is 122 Å². The predicted octanol–water partition coefficient (Wildman–Crippen LogP) is 2.75. The van der Waals surface area contributed by atoms with Gasteiger partial charge in [0.05, 0.1) is 12.0 Å². The van der Waals surface area contributed by atoms with Gasteiger partial charge in [-0.05, 0) is 30.4 Å². The van der Waals surface area contributed by atoms with Crippen molar-refractivity contribution in [1.29, 1.82) is 0 Å². The third-order valence-corrected chi connectivity index (χ3v) is 4.08. The Morgan fingerprint density at radius 3 is 2.55 bits per heavy atom. The lowest BCUT2D eigenvalue weighted by atomic mass is 9.93. The van der Waals surface area contributed by atoms with E-state index in [0.29, 0.717) is 11.8 Å². The third-order valence-electron chi connectivity index (χ3n) is 4.08. The van der Waals surface area contributed by atoms with E-state index in [-0.39, 0.29) is 17.9 Å². The van der Waals surface area contributed by atoms with Gasteiger partial charge in [-0.2, -0.15) is 0 Å². The zero-order valence-corrected chi connectivity index (χ0v) is 12.7. The maximum absolute atomic E-state index is 12.5. The van der Waals surface area contributed by atoms with Crippen LogP contribution in [0.2, 0.25) is 0 Å². The number of hydrogen-bond donors (Lipinski definition) is 2. The van der Waals surface area contributed by atoms with Crippen LogP contribution in [0.15, 0.2) is 30.3 Å². The largest absolute Gasteiger partial charge is 0.349 e. The minimum absolute atomic E-state index is 0.105. The first kappa shape index (κ1) is 15.0. The molecule has 1 aromatic rings. The van der Waals surface area contributed by atoms with E-state index < -0.39 is 0 Å². The lowest BCUT2D eigenvalue weighted by molar-refractivity contribution is -0.126. The molecule has 3 atom stereocenters. The standard InChI is InChI=1S/C17H26N2O/c1-12(2)9-16(14-7-5-4-6-8-14)19-17(20)15-11-18-10-13(15)3/h4-8,12-13,15-16,18H,9-11H2,1-3H3,(H,19,20). The van der Waals surface area contributed by atoms with Crippen molar-refractivity contribution in [2.24, 2.45) is 17.8 Å². The number of carbonyl (C=O) groups is 1. The average Bonchev–Trinajstić information content (AvgIpc) is 2.85. The zero-order chi connectivity index (χ0) is 14.5. The number of hydrogen-bond acceptors (Lipinski definition) is 2. The molecule has 2 rings (SSSR count). The maximum atomic E-state index is 12.5. The Kier molecular flexibility index (Phi) is 5.18. The molecule has 0 aromatic heterocycles. The number of amides is 1. The van der Waals surface area contributed by atoms with Gasteiger partial charge in [0, 0.05) is 6.54 Å². The highest BCUT2D eigenvalue weighted by atomic mass is 16.2. The lowest BCUT2D eigenvalue weighted by Gasteiger charge is -2.24. The van der Waals surface area contributed by atoms with E-state index in [0.717, 1.165) is 19.5 Å². The van der Waals surface area contributed by atoms with Gasteiger partial charge in [-0.15, -0.1) is 0 Å². The number of benzene rings is 1. The van der Waals surface area contributed by atoms with Crippen LogP contribution in [0.1, 0.15) is 38.8 Å². The van der Waals surface area contributed by atoms with Gasteiger partial charge in [-0.3, -0.25) is 4.79 Å². The lowest BCUT2D eigenvalue weighted by Crippen LogP contribution is -2.37. The van der Waals surface area contributed by atoms with Crippen LogP contribution >= 0.6 is 0 Å². The van der Waals surface area contributed by atoms with Crippen LogP contribution in [0, 0.1) is 17.8 Å². The summed E-state index contributed by atoms with van der Waals surface area (Å²) in [6.45, 7) is 8.28. The second-order valence-electron chi connectivity index (χ2n) is 6.34. The van der Waals surface area contributed by atoms with E-state index in [1.165, 1.54) is 5.56 Å². The summed E-state index contributed by atoms with van der Waals surface area (Å²) in [6, 6.07) is 10.4. The molecule has 2 N–H and O–H groups in total. The molecule has 1 fully saturated rings. The van der Waals surface area contributed by atoms with Crippen LogP contribution in [0.4, 0.5) is 0 Å². The molecule has 0 bridgehead atoms. The molecule has 0 aliphatic carbocycles. The molecule has 3 nitrogen and oxygen atoms in total. The SMILES string of the molecule is CC(C)CC(NC(=O)C1CNCC1C)c1ccccc1. The Balaban J connectivity index is 2.06. The Morgan fingerprint density at radius 1 is 1.30 bits per heavy atom. The normalized spacial score (nSPS) is 23.8. The van der Waals surface area contributed by atoms with Crippen LogP contribution in [-0.4, -0.2) is 19.0 Å². The fourth-order valence-corrected chi connectivity index (χ4v) is 2.87. The molecule has 1 heterocycles. The van der Waals surface area contributed by atoms with Gasteiger partial charge in [-0.1, -0.05) is 51.1 Å². The highest BCUT2D eigenvalue weighted by molar-refractivity contribution is 5.80. The van der Waals surface area contributed by atoms with Crippen LogP contribution in [-0.2, 0) is 4.79 Å². The van der Waals surface area contributed by atoms with Crippen molar-refractivity contribution in [1.82, 2.24) is 10.6 Å². The van der Waals surface area contributed by atoms with E-state index in [1.54, 1.807) is 0 Å². The van der Waals surface area contributed by atoms with E-state index in [4.69, 9.17) is 0 Å². The number of nitrogens with one attached hydrogen (secondary N) is 2. The second-order valence-corrected chi connectivity index (χ2v) is 6.34. The van der Waals surface area contributed by atoms with E-state index in [2.05, 4.69) is 43.5 Å². The van der Waals surface area contributed by atoms with Gasteiger partial charge in [0.25, 0.3) is 0 Å². The van der Waals surface area contributed by atoms with E-state index >= 15 is 0 Å². The summed E-state index contributed by atoms with van der Waals surface area (Å²) in [5, 5.41) is 6.55. The fourth-order valence-electron chi connectivity index (χ4n) is 2.87. The Morgan fingerprint density at radius 2 is 2.00 bits per heavy atom. The van der Waals surface area contributed by atoms with Crippen molar-refractivity contribution in [2.75, 3.05) is 13.1 Å². The Hall–Kier alpha value is -1.35. The van der Waals surface area contributed by atoms with Crippen molar-refractivity contribution in [2.45, 2.75) is 33.2 Å². The monoisotopic (exact) mass is 274 g/mol. The summed E-state index contributed by atoms with van der Waals surface area (Å²) in [4.78, 5) is 12.5. The average molecular weight is 274 g/mol. The third kappa shape index (κ3) is 3.83. The van der Waals surface area contributed by atoms with Gasteiger partial charge in [0.15, 0.2) is 0 Å². The highest BCUT2D eigenvalue weighted by Crippen LogP contribution is 2.23. The molecule has 20 heavy (non-hydrogen) atoms. The summed E-state index contributed by atoms with van der Waals surface area (Å²) in [5.41, 5.74) is 1.20. The van der Waals surface area contributed by atoms with Crippen molar-refractivity contribution in [3.63, 3.8) is 0 Å². The zero-order valence-electron chi connectivity index (χ0n) is 12.7. The van der Waals surface area contributed by atoms with Crippen molar-refractivity contribution in [3.05, 3.63) is 35.9 Å². The van der Waals surface area contributed by atoms with E-state index in [1.807, 2.05) is 18.2 Å². The molecule has 3 unspecified atom stereocenters. The van der Waals surface area contributed by atoms with Crippen LogP contribution in [0.25, 0.3) is 0 Å². The summed E-state index contributed by atoms with van der Waals surface area (Å²) in [6.07, 6.45) is 0.976. The van der Waals surface area contributed by atoms with Crippen molar-refractivity contribution >= 4 is 5.91 Å². The van der Waals surface area contributed by atoms with Gasteiger partial charge in [-0.25, -0.2) is 0 Å². The van der Waals surface area contributed by atoms with Crippen LogP contribution in [0.5, 0.6) is 0 Å². The minimum atomic E-state index is 0.105. The molecular formula is C17H26N2O.